The second kappa shape index (κ2) is 11.6. The van der Waals surface area contributed by atoms with Crippen LogP contribution >= 0.6 is 23.2 Å². The highest BCUT2D eigenvalue weighted by atomic mass is 35.5. The summed E-state index contributed by atoms with van der Waals surface area (Å²) < 4.78 is 6.06. The van der Waals surface area contributed by atoms with Crippen LogP contribution < -0.4 is 15.4 Å². The van der Waals surface area contributed by atoms with Gasteiger partial charge in [-0.25, -0.2) is 4.98 Å². The second-order valence-corrected chi connectivity index (χ2v) is 9.01. The first-order valence-electron chi connectivity index (χ1n) is 10.9. The van der Waals surface area contributed by atoms with Crippen LogP contribution in [0.15, 0.2) is 42.5 Å². The molecule has 0 saturated heterocycles. The molecule has 1 heterocycles. The summed E-state index contributed by atoms with van der Waals surface area (Å²) in [5.41, 5.74) is 3.89. The minimum Gasteiger partial charge on any atom is -0.490 e. The molecule has 3 rings (SSSR count). The van der Waals surface area contributed by atoms with Crippen molar-refractivity contribution < 1.29 is 4.74 Å². The van der Waals surface area contributed by atoms with E-state index >= 15 is 0 Å². The third-order valence-electron chi connectivity index (χ3n) is 5.07. The largest absolute Gasteiger partial charge is 0.490 e. The molecule has 0 aliphatic heterocycles. The van der Waals surface area contributed by atoms with Crippen molar-refractivity contribution in [2.24, 2.45) is 5.92 Å². The number of rotatable bonds is 11. The molecule has 3 aromatic rings. The highest BCUT2D eigenvalue weighted by Gasteiger charge is 2.10. The summed E-state index contributed by atoms with van der Waals surface area (Å²) in [6, 6.07) is 13.8. The summed E-state index contributed by atoms with van der Waals surface area (Å²) in [6.45, 7) is 9.61. The number of ether oxygens (including phenoxy) is 1. The molecule has 0 atom stereocenters. The van der Waals surface area contributed by atoms with Crippen molar-refractivity contribution in [2.45, 2.75) is 40.2 Å². The third kappa shape index (κ3) is 6.99. The van der Waals surface area contributed by atoms with Crippen molar-refractivity contribution in [3.05, 3.63) is 63.8 Å². The van der Waals surface area contributed by atoms with E-state index in [1.165, 1.54) is 12.8 Å². The topological polar surface area (TPSA) is 46.2 Å². The number of anilines is 1. The number of pyridine rings is 1. The standard InChI is InChI=1S/C25H31Cl2N3O/c1-17(2)6-5-11-28-12-13-31-24-8-4-7-20-23(14-18(3)30-25(20)24)29-16-19-9-10-21(26)22(27)15-19/h4,7-10,14-15,17,28H,5-6,11-13,16H2,1-3H3,(H,29,30). The van der Waals surface area contributed by atoms with Gasteiger partial charge in [0.2, 0.25) is 0 Å². The molecule has 0 unspecified atom stereocenters. The van der Waals surface area contributed by atoms with Gasteiger partial charge >= 0.3 is 0 Å². The minimum absolute atomic E-state index is 0.560. The lowest BCUT2D eigenvalue weighted by molar-refractivity contribution is 0.316. The van der Waals surface area contributed by atoms with E-state index < -0.39 is 0 Å². The average molecular weight is 460 g/mol. The van der Waals surface area contributed by atoms with Gasteiger partial charge in [-0.2, -0.15) is 0 Å². The van der Waals surface area contributed by atoms with E-state index in [4.69, 9.17) is 32.9 Å². The van der Waals surface area contributed by atoms with Gasteiger partial charge in [0.05, 0.1) is 10.0 Å². The highest BCUT2D eigenvalue weighted by Crippen LogP contribution is 2.31. The van der Waals surface area contributed by atoms with E-state index in [1.54, 1.807) is 0 Å². The fraction of sp³-hybridized carbons (Fsp3) is 0.400. The van der Waals surface area contributed by atoms with Gasteiger partial charge in [0.1, 0.15) is 17.9 Å². The summed E-state index contributed by atoms with van der Waals surface area (Å²) in [4.78, 5) is 4.74. The highest BCUT2D eigenvalue weighted by molar-refractivity contribution is 6.42. The molecule has 166 valence electrons. The molecule has 0 fully saturated rings. The Labute approximate surface area is 195 Å². The number of hydrogen-bond acceptors (Lipinski definition) is 4. The van der Waals surface area contributed by atoms with Gasteiger partial charge < -0.3 is 15.4 Å². The van der Waals surface area contributed by atoms with Crippen LogP contribution in [-0.4, -0.2) is 24.7 Å². The maximum Gasteiger partial charge on any atom is 0.145 e. The number of para-hydroxylation sites is 1. The van der Waals surface area contributed by atoms with Gasteiger partial charge in [0.15, 0.2) is 0 Å². The average Bonchev–Trinajstić information content (AvgIpc) is 2.73. The molecule has 2 N–H and O–H groups in total. The molecule has 0 aliphatic rings. The minimum atomic E-state index is 0.560. The molecule has 2 aromatic carbocycles. The van der Waals surface area contributed by atoms with Gasteiger partial charge in [0.25, 0.3) is 0 Å². The molecular weight excluding hydrogens is 429 g/mol. The van der Waals surface area contributed by atoms with E-state index in [9.17, 15) is 0 Å². The Morgan fingerprint density at radius 1 is 1.03 bits per heavy atom. The summed E-state index contributed by atoms with van der Waals surface area (Å²) in [5, 5.41) is 9.12. The van der Waals surface area contributed by atoms with Crippen molar-refractivity contribution in [3.8, 4) is 5.75 Å². The van der Waals surface area contributed by atoms with Crippen molar-refractivity contribution in [1.29, 1.82) is 0 Å². The Hall–Kier alpha value is -2.01. The molecular formula is C25H31Cl2N3O. The zero-order valence-electron chi connectivity index (χ0n) is 18.5. The summed E-state index contributed by atoms with van der Waals surface area (Å²) in [6.07, 6.45) is 2.44. The van der Waals surface area contributed by atoms with Gasteiger partial charge in [-0.15, -0.1) is 0 Å². The van der Waals surface area contributed by atoms with Crippen LogP contribution in [-0.2, 0) is 6.54 Å². The Kier molecular flexibility index (Phi) is 8.82. The summed E-state index contributed by atoms with van der Waals surface area (Å²) >= 11 is 12.2. The van der Waals surface area contributed by atoms with E-state index in [0.717, 1.165) is 52.6 Å². The first-order valence-corrected chi connectivity index (χ1v) is 11.6. The fourth-order valence-electron chi connectivity index (χ4n) is 3.45. The van der Waals surface area contributed by atoms with Crippen LogP contribution in [0.4, 0.5) is 5.69 Å². The number of aromatic nitrogens is 1. The van der Waals surface area contributed by atoms with Crippen LogP contribution in [0.2, 0.25) is 10.0 Å². The predicted octanol–water partition coefficient (Wildman–Crippen LogP) is 6.87. The van der Waals surface area contributed by atoms with Crippen LogP contribution in [0.1, 0.15) is 37.9 Å². The lowest BCUT2D eigenvalue weighted by Crippen LogP contribution is -2.22. The van der Waals surface area contributed by atoms with Crippen molar-refractivity contribution in [1.82, 2.24) is 10.3 Å². The number of halogens is 2. The van der Waals surface area contributed by atoms with Crippen LogP contribution in [0, 0.1) is 12.8 Å². The van der Waals surface area contributed by atoms with Gasteiger partial charge in [-0.3, -0.25) is 0 Å². The number of hydrogen-bond donors (Lipinski definition) is 2. The second-order valence-electron chi connectivity index (χ2n) is 8.20. The molecule has 31 heavy (non-hydrogen) atoms. The zero-order valence-corrected chi connectivity index (χ0v) is 20.0. The Morgan fingerprint density at radius 2 is 1.87 bits per heavy atom. The monoisotopic (exact) mass is 459 g/mol. The quantitative estimate of drug-likeness (QED) is 0.307. The Morgan fingerprint density at radius 3 is 2.65 bits per heavy atom. The maximum absolute atomic E-state index is 6.15. The molecule has 6 heteroatoms. The van der Waals surface area contributed by atoms with E-state index in [0.29, 0.717) is 23.2 Å². The molecule has 0 aliphatic carbocycles. The van der Waals surface area contributed by atoms with E-state index in [-0.39, 0.29) is 0 Å². The van der Waals surface area contributed by atoms with E-state index in [1.807, 2.05) is 37.3 Å². The number of nitrogens with zero attached hydrogens (tertiary/aromatic N) is 1. The number of nitrogens with one attached hydrogen (secondary N) is 2. The Bertz CT molecular complexity index is 1010. The predicted molar refractivity (Wildman–Crippen MR) is 133 cm³/mol. The zero-order chi connectivity index (χ0) is 22.2. The van der Waals surface area contributed by atoms with Crippen LogP contribution in [0.5, 0.6) is 5.75 Å². The molecule has 0 saturated carbocycles. The summed E-state index contributed by atoms with van der Waals surface area (Å²) in [7, 11) is 0. The van der Waals surface area contributed by atoms with Crippen molar-refractivity contribution >= 4 is 39.8 Å². The lowest BCUT2D eigenvalue weighted by Gasteiger charge is -2.14. The smallest absolute Gasteiger partial charge is 0.145 e. The number of benzene rings is 2. The third-order valence-corrected chi connectivity index (χ3v) is 5.81. The van der Waals surface area contributed by atoms with Gasteiger partial charge in [-0.1, -0.05) is 55.2 Å². The van der Waals surface area contributed by atoms with Crippen LogP contribution in [0.3, 0.4) is 0 Å². The molecule has 4 nitrogen and oxygen atoms in total. The van der Waals surface area contributed by atoms with Gasteiger partial charge in [0, 0.05) is 29.9 Å². The molecule has 0 spiro atoms. The first-order chi connectivity index (χ1) is 14.9. The van der Waals surface area contributed by atoms with Crippen molar-refractivity contribution in [3.63, 3.8) is 0 Å². The molecule has 1 aromatic heterocycles. The summed E-state index contributed by atoms with van der Waals surface area (Å²) in [5.74, 6) is 1.56. The number of fused-ring (bicyclic) bond motifs is 1. The van der Waals surface area contributed by atoms with Gasteiger partial charge in [-0.05, 0) is 62.1 Å². The molecule has 0 amide bonds. The molecule has 0 bridgehead atoms. The maximum atomic E-state index is 6.15. The lowest BCUT2D eigenvalue weighted by atomic mass is 10.1. The normalized spacial score (nSPS) is 11.3. The molecule has 0 radical (unpaired) electrons. The SMILES string of the molecule is Cc1cc(NCc2ccc(Cl)c(Cl)c2)c2cccc(OCCNCCCC(C)C)c2n1. The van der Waals surface area contributed by atoms with Crippen molar-refractivity contribution in [2.75, 3.05) is 25.0 Å². The number of aryl methyl sites for hydroxylation is 1. The Balaban J connectivity index is 1.65. The van der Waals surface area contributed by atoms with Crippen LogP contribution in [0.25, 0.3) is 10.9 Å². The first kappa shape index (κ1) is 23.6. The fourth-order valence-corrected chi connectivity index (χ4v) is 3.77. The van der Waals surface area contributed by atoms with E-state index in [2.05, 4.69) is 36.6 Å².